The average molecular weight is 570 g/mol. The van der Waals surface area contributed by atoms with E-state index >= 15 is 0 Å². The number of aromatic nitrogens is 2. The SMILES string of the molecule is COc1cc(C)c(S(=O)(=O)N(Cc2nc(C(=O)N3CCN(Cc4ccc(OC)nc4)CC3)co2)C2CC2)c(C)c1. The van der Waals surface area contributed by atoms with Crippen LogP contribution < -0.4 is 9.47 Å². The third kappa shape index (κ3) is 5.98. The van der Waals surface area contributed by atoms with Gasteiger partial charge in [-0.15, -0.1) is 0 Å². The maximum absolute atomic E-state index is 13.8. The first-order chi connectivity index (χ1) is 19.2. The van der Waals surface area contributed by atoms with Crippen molar-refractivity contribution in [2.45, 2.75) is 50.7 Å². The standard InChI is InChI=1S/C28H35N5O6S/c1-19-13-23(37-3)14-20(2)27(19)40(35,36)33(22-6-7-22)17-26-30-24(18-39-26)28(34)32-11-9-31(10-12-32)16-21-5-8-25(38-4)29-15-21/h5,8,13-15,18,22H,6-7,9-12,16-17H2,1-4H3. The van der Waals surface area contributed by atoms with Gasteiger partial charge in [-0.3, -0.25) is 9.69 Å². The van der Waals surface area contributed by atoms with Crippen LogP contribution in [0.25, 0.3) is 0 Å². The van der Waals surface area contributed by atoms with E-state index in [2.05, 4.69) is 14.9 Å². The van der Waals surface area contributed by atoms with Crippen molar-refractivity contribution in [1.82, 2.24) is 24.1 Å². The van der Waals surface area contributed by atoms with Gasteiger partial charge in [0, 0.05) is 51.0 Å². The van der Waals surface area contributed by atoms with E-state index in [0.29, 0.717) is 35.8 Å². The van der Waals surface area contributed by atoms with Gasteiger partial charge in [0.15, 0.2) is 5.69 Å². The summed E-state index contributed by atoms with van der Waals surface area (Å²) >= 11 is 0. The zero-order valence-corrected chi connectivity index (χ0v) is 24.1. The fourth-order valence-electron chi connectivity index (χ4n) is 5.09. The molecule has 1 amide bonds. The number of methoxy groups -OCH3 is 2. The molecule has 0 radical (unpaired) electrons. The average Bonchev–Trinajstić information content (AvgIpc) is 3.67. The molecule has 2 fully saturated rings. The topological polar surface area (TPSA) is 118 Å². The maximum atomic E-state index is 13.8. The number of aryl methyl sites for hydroxylation is 2. The van der Waals surface area contributed by atoms with Gasteiger partial charge < -0.3 is 18.8 Å². The molecule has 1 saturated heterocycles. The summed E-state index contributed by atoms with van der Waals surface area (Å²) in [5, 5.41) is 0. The highest BCUT2D eigenvalue weighted by molar-refractivity contribution is 7.89. The van der Waals surface area contributed by atoms with Crippen LogP contribution in [0.4, 0.5) is 0 Å². The van der Waals surface area contributed by atoms with Gasteiger partial charge in [0.1, 0.15) is 12.0 Å². The predicted molar refractivity (Wildman–Crippen MR) is 147 cm³/mol. The molecule has 0 N–H and O–H groups in total. The molecule has 0 unspecified atom stereocenters. The molecular weight excluding hydrogens is 534 g/mol. The van der Waals surface area contributed by atoms with Crippen LogP contribution in [0.3, 0.4) is 0 Å². The lowest BCUT2D eigenvalue weighted by molar-refractivity contribution is 0.0622. The van der Waals surface area contributed by atoms with Crippen molar-refractivity contribution in [2.24, 2.45) is 0 Å². The lowest BCUT2D eigenvalue weighted by Crippen LogP contribution is -2.48. The first kappa shape index (κ1) is 28.1. The molecule has 0 spiro atoms. The highest BCUT2D eigenvalue weighted by atomic mass is 32.2. The fraction of sp³-hybridized carbons (Fsp3) is 0.464. The van der Waals surface area contributed by atoms with E-state index in [9.17, 15) is 13.2 Å². The molecule has 3 heterocycles. The summed E-state index contributed by atoms with van der Waals surface area (Å²) in [6.07, 6.45) is 4.68. The molecule has 0 atom stereocenters. The Labute approximate surface area is 234 Å². The summed E-state index contributed by atoms with van der Waals surface area (Å²) in [5.74, 6) is 1.17. The van der Waals surface area contributed by atoms with Gasteiger partial charge in [0.25, 0.3) is 5.91 Å². The van der Waals surface area contributed by atoms with Gasteiger partial charge in [0.05, 0.1) is 25.7 Å². The molecule has 0 bridgehead atoms. The Bertz CT molecular complexity index is 1440. The van der Waals surface area contributed by atoms with E-state index < -0.39 is 10.0 Å². The number of rotatable bonds is 10. The molecule has 2 aromatic heterocycles. The van der Waals surface area contributed by atoms with Gasteiger partial charge >= 0.3 is 0 Å². The minimum Gasteiger partial charge on any atom is -0.497 e. The van der Waals surface area contributed by atoms with E-state index in [1.54, 1.807) is 51.3 Å². The lowest BCUT2D eigenvalue weighted by atomic mass is 10.1. The number of hydrogen-bond donors (Lipinski definition) is 0. The maximum Gasteiger partial charge on any atom is 0.275 e. The fourth-order valence-corrected chi connectivity index (χ4v) is 7.14. The molecule has 1 saturated carbocycles. The van der Waals surface area contributed by atoms with Gasteiger partial charge in [0.2, 0.25) is 21.8 Å². The van der Waals surface area contributed by atoms with Crippen molar-refractivity contribution in [3.8, 4) is 11.6 Å². The minimum absolute atomic E-state index is 0.0329. The van der Waals surface area contributed by atoms with Crippen molar-refractivity contribution >= 4 is 15.9 Å². The normalized spacial score (nSPS) is 16.4. The predicted octanol–water partition coefficient (Wildman–Crippen LogP) is 3.01. The number of carbonyl (C=O) groups is 1. The molecule has 1 aliphatic carbocycles. The largest absolute Gasteiger partial charge is 0.497 e. The number of carbonyl (C=O) groups excluding carboxylic acids is 1. The molecule has 11 nitrogen and oxygen atoms in total. The Kier molecular flexibility index (Phi) is 8.11. The highest BCUT2D eigenvalue weighted by Gasteiger charge is 2.40. The summed E-state index contributed by atoms with van der Waals surface area (Å²) in [4.78, 5) is 26.1. The van der Waals surface area contributed by atoms with E-state index in [1.165, 1.54) is 10.6 Å². The van der Waals surface area contributed by atoms with Gasteiger partial charge in [-0.1, -0.05) is 6.07 Å². The molecule has 1 aromatic carbocycles. The number of hydrogen-bond acceptors (Lipinski definition) is 9. The Hall–Kier alpha value is -3.48. The Morgan fingerprint density at radius 1 is 1.07 bits per heavy atom. The number of ether oxygens (including phenoxy) is 2. The van der Waals surface area contributed by atoms with Crippen LogP contribution in [0, 0.1) is 13.8 Å². The van der Waals surface area contributed by atoms with Crippen molar-refractivity contribution < 1.29 is 27.1 Å². The first-order valence-electron chi connectivity index (χ1n) is 13.3. The summed E-state index contributed by atoms with van der Waals surface area (Å²) in [6, 6.07) is 7.15. The molecule has 5 rings (SSSR count). The highest BCUT2D eigenvalue weighted by Crippen LogP contribution is 2.36. The van der Waals surface area contributed by atoms with Gasteiger partial charge in [-0.2, -0.15) is 4.31 Å². The van der Waals surface area contributed by atoms with Crippen LogP contribution in [-0.4, -0.2) is 84.8 Å². The smallest absolute Gasteiger partial charge is 0.275 e. The lowest BCUT2D eigenvalue weighted by Gasteiger charge is -2.34. The van der Waals surface area contributed by atoms with Crippen LogP contribution in [0.15, 0.2) is 46.0 Å². The molecule has 1 aliphatic heterocycles. The number of nitrogens with zero attached hydrogens (tertiary/aromatic N) is 5. The van der Waals surface area contributed by atoms with Crippen LogP contribution in [0.2, 0.25) is 0 Å². The second-order valence-corrected chi connectivity index (χ2v) is 12.1. The summed E-state index contributed by atoms with van der Waals surface area (Å²) < 4.78 is 45.0. The van der Waals surface area contributed by atoms with Crippen LogP contribution >= 0.6 is 0 Å². The molecule has 12 heteroatoms. The Balaban J connectivity index is 1.23. The van der Waals surface area contributed by atoms with Crippen molar-refractivity contribution in [3.63, 3.8) is 0 Å². The summed E-state index contributed by atoms with van der Waals surface area (Å²) in [5.41, 5.74) is 2.51. The number of piperazine rings is 1. The molecule has 2 aliphatic rings. The van der Waals surface area contributed by atoms with Crippen molar-refractivity contribution in [1.29, 1.82) is 0 Å². The van der Waals surface area contributed by atoms with Crippen LogP contribution in [0.1, 0.15) is 45.9 Å². The summed E-state index contributed by atoms with van der Waals surface area (Å²) in [6.45, 7) is 6.80. The first-order valence-corrected chi connectivity index (χ1v) is 14.8. The van der Waals surface area contributed by atoms with Crippen LogP contribution in [0.5, 0.6) is 11.6 Å². The third-order valence-corrected chi connectivity index (χ3v) is 9.53. The van der Waals surface area contributed by atoms with E-state index in [0.717, 1.165) is 38.0 Å². The van der Waals surface area contributed by atoms with E-state index in [4.69, 9.17) is 13.9 Å². The molecule has 40 heavy (non-hydrogen) atoms. The van der Waals surface area contributed by atoms with Crippen molar-refractivity contribution in [3.05, 3.63) is 65.0 Å². The quantitative estimate of drug-likeness (QED) is 0.363. The minimum atomic E-state index is -3.82. The number of amides is 1. The number of oxazole rings is 1. The molecular formula is C28H35N5O6S. The summed E-state index contributed by atoms with van der Waals surface area (Å²) in [7, 11) is -0.680. The zero-order chi connectivity index (χ0) is 28.4. The Morgan fingerprint density at radius 3 is 2.35 bits per heavy atom. The number of sulfonamides is 1. The van der Waals surface area contributed by atoms with Gasteiger partial charge in [-0.25, -0.2) is 18.4 Å². The Morgan fingerprint density at radius 2 is 1.77 bits per heavy atom. The van der Waals surface area contributed by atoms with Crippen LogP contribution in [-0.2, 0) is 23.1 Å². The number of benzene rings is 1. The second kappa shape index (κ2) is 11.6. The van der Waals surface area contributed by atoms with Crippen molar-refractivity contribution in [2.75, 3.05) is 40.4 Å². The third-order valence-electron chi connectivity index (χ3n) is 7.32. The van der Waals surface area contributed by atoms with Gasteiger partial charge in [-0.05, 0) is 55.5 Å². The second-order valence-electron chi connectivity index (χ2n) is 10.3. The zero-order valence-electron chi connectivity index (χ0n) is 23.3. The molecule has 214 valence electrons. The van der Waals surface area contributed by atoms with E-state index in [-0.39, 0.29) is 35.0 Å². The van der Waals surface area contributed by atoms with E-state index in [1.807, 2.05) is 12.1 Å². The monoisotopic (exact) mass is 569 g/mol. The number of pyridine rings is 1. The molecule has 3 aromatic rings.